The van der Waals surface area contributed by atoms with Gasteiger partial charge in [0.15, 0.2) is 0 Å². The molecule has 0 atom stereocenters. The van der Waals surface area contributed by atoms with Gasteiger partial charge >= 0.3 is 0 Å². The van der Waals surface area contributed by atoms with Crippen molar-refractivity contribution < 1.29 is 0 Å². The lowest BCUT2D eigenvalue weighted by molar-refractivity contribution is 1.17. The summed E-state index contributed by atoms with van der Waals surface area (Å²) in [6.07, 6.45) is 1.05. The Labute approximate surface area is 90.4 Å². The third-order valence-corrected chi connectivity index (χ3v) is 2.68. The first-order valence-corrected chi connectivity index (χ1v) is 5.53. The Kier molecular flexibility index (Phi) is 2.78. The van der Waals surface area contributed by atoms with Gasteiger partial charge in [0.2, 0.25) is 0 Å². The maximum absolute atomic E-state index is 4.24. The second-order valence-corrected chi connectivity index (χ2v) is 4.11. The first-order chi connectivity index (χ1) is 6.79. The van der Waals surface area contributed by atoms with Crippen LogP contribution in [-0.4, -0.2) is 5.75 Å². The highest BCUT2D eigenvalue weighted by Gasteiger charge is 1.96. The van der Waals surface area contributed by atoms with Crippen LogP contribution in [0.15, 0.2) is 36.4 Å². The van der Waals surface area contributed by atoms with E-state index in [9.17, 15) is 0 Å². The molecule has 0 bridgehead atoms. The molecule has 0 saturated heterocycles. The molecule has 2 aromatic carbocycles. The number of thiol groups is 1. The molecule has 14 heavy (non-hydrogen) atoms. The van der Waals surface area contributed by atoms with E-state index in [0.717, 1.165) is 12.2 Å². The molecule has 0 N–H and O–H groups in total. The highest BCUT2D eigenvalue weighted by molar-refractivity contribution is 7.80. The zero-order valence-corrected chi connectivity index (χ0v) is 9.22. The van der Waals surface area contributed by atoms with Crippen LogP contribution in [0.2, 0.25) is 0 Å². The molecule has 0 aliphatic heterocycles. The minimum absolute atomic E-state index is 0.914. The predicted molar refractivity (Wildman–Crippen MR) is 66.2 cm³/mol. The smallest absolute Gasteiger partial charge is 0.00574 e. The molecule has 2 rings (SSSR count). The lowest BCUT2D eigenvalue weighted by atomic mass is 10.0. The summed E-state index contributed by atoms with van der Waals surface area (Å²) in [6, 6.07) is 13.2. The third-order valence-electron chi connectivity index (χ3n) is 2.46. The average Bonchev–Trinajstić information content (AvgIpc) is 2.19. The van der Waals surface area contributed by atoms with Crippen LogP contribution in [0, 0.1) is 6.92 Å². The molecule has 1 heteroatoms. The van der Waals surface area contributed by atoms with E-state index >= 15 is 0 Å². The summed E-state index contributed by atoms with van der Waals surface area (Å²) in [7, 11) is 0. The minimum atomic E-state index is 0.914. The first kappa shape index (κ1) is 9.60. The molecule has 0 saturated carbocycles. The van der Waals surface area contributed by atoms with E-state index < -0.39 is 0 Å². The summed E-state index contributed by atoms with van der Waals surface area (Å²) in [4.78, 5) is 0. The van der Waals surface area contributed by atoms with Gasteiger partial charge < -0.3 is 0 Å². The Hall–Kier alpha value is -0.950. The molecule has 0 aromatic heterocycles. The van der Waals surface area contributed by atoms with Crippen molar-refractivity contribution in [1.82, 2.24) is 0 Å². The molecular weight excluding hydrogens is 188 g/mol. The molecule has 0 heterocycles. The largest absolute Gasteiger partial charge is 0.179 e. The van der Waals surface area contributed by atoms with Gasteiger partial charge in [0.05, 0.1) is 0 Å². The van der Waals surface area contributed by atoms with Crippen molar-refractivity contribution in [2.45, 2.75) is 13.3 Å². The molecule has 0 nitrogen and oxygen atoms in total. The normalized spacial score (nSPS) is 10.7. The second-order valence-electron chi connectivity index (χ2n) is 3.66. The molecule has 0 fully saturated rings. The lowest BCUT2D eigenvalue weighted by Crippen LogP contribution is -1.86. The summed E-state index contributed by atoms with van der Waals surface area (Å²) in [6.45, 7) is 2.13. The fourth-order valence-corrected chi connectivity index (χ4v) is 1.96. The number of hydrogen-bond acceptors (Lipinski definition) is 1. The zero-order chi connectivity index (χ0) is 9.97. The van der Waals surface area contributed by atoms with Gasteiger partial charge in [-0.3, -0.25) is 0 Å². The molecule has 0 spiro atoms. The summed E-state index contributed by atoms with van der Waals surface area (Å²) in [5, 5.41) is 2.66. The van der Waals surface area contributed by atoms with Crippen LogP contribution in [0.4, 0.5) is 0 Å². The minimum Gasteiger partial charge on any atom is -0.179 e. The Morgan fingerprint density at radius 1 is 1.00 bits per heavy atom. The molecule has 0 unspecified atom stereocenters. The second kappa shape index (κ2) is 4.05. The van der Waals surface area contributed by atoms with Gasteiger partial charge in [-0.15, -0.1) is 0 Å². The lowest BCUT2D eigenvalue weighted by Gasteiger charge is -2.02. The van der Waals surface area contributed by atoms with Crippen LogP contribution in [0.5, 0.6) is 0 Å². The van der Waals surface area contributed by atoms with Gasteiger partial charge in [0.1, 0.15) is 0 Å². The maximum atomic E-state index is 4.24. The standard InChI is InChI=1S/C13H14S/c1-10-2-4-13-9-11(6-7-14)3-5-12(13)8-10/h2-5,8-9,14H,6-7H2,1H3. The topological polar surface area (TPSA) is 0 Å². The van der Waals surface area contributed by atoms with Crippen molar-refractivity contribution in [3.05, 3.63) is 47.5 Å². The molecule has 2 aromatic rings. The van der Waals surface area contributed by atoms with Crippen molar-refractivity contribution >= 4 is 23.4 Å². The highest BCUT2D eigenvalue weighted by Crippen LogP contribution is 2.18. The number of aryl methyl sites for hydroxylation is 2. The Morgan fingerprint density at radius 3 is 2.50 bits per heavy atom. The number of fused-ring (bicyclic) bond motifs is 1. The van der Waals surface area contributed by atoms with Gasteiger partial charge in [0.25, 0.3) is 0 Å². The molecule has 0 amide bonds. The molecular formula is C13H14S. The van der Waals surface area contributed by atoms with Gasteiger partial charge in [-0.25, -0.2) is 0 Å². The fraction of sp³-hybridized carbons (Fsp3) is 0.231. The fourth-order valence-electron chi connectivity index (χ4n) is 1.70. The number of hydrogen-bond donors (Lipinski definition) is 1. The van der Waals surface area contributed by atoms with Crippen LogP contribution in [0.3, 0.4) is 0 Å². The van der Waals surface area contributed by atoms with E-state index in [4.69, 9.17) is 0 Å². The van der Waals surface area contributed by atoms with E-state index in [2.05, 4.69) is 56.0 Å². The van der Waals surface area contributed by atoms with E-state index in [1.165, 1.54) is 21.9 Å². The van der Waals surface area contributed by atoms with Crippen LogP contribution >= 0.6 is 12.6 Å². The Morgan fingerprint density at radius 2 is 1.71 bits per heavy atom. The summed E-state index contributed by atoms with van der Waals surface area (Å²) >= 11 is 4.24. The van der Waals surface area contributed by atoms with Gasteiger partial charge in [-0.2, -0.15) is 12.6 Å². The first-order valence-electron chi connectivity index (χ1n) is 4.90. The quantitative estimate of drug-likeness (QED) is 0.706. The van der Waals surface area contributed by atoms with Crippen LogP contribution in [-0.2, 0) is 6.42 Å². The van der Waals surface area contributed by atoms with Crippen LogP contribution < -0.4 is 0 Å². The van der Waals surface area contributed by atoms with Crippen molar-refractivity contribution in [3.8, 4) is 0 Å². The van der Waals surface area contributed by atoms with E-state index in [-0.39, 0.29) is 0 Å². The van der Waals surface area contributed by atoms with Crippen LogP contribution in [0.1, 0.15) is 11.1 Å². The average molecular weight is 202 g/mol. The van der Waals surface area contributed by atoms with Crippen molar-refractivity contribution in [2.24, 2.45) is 0 Å². The maximum Gasteiger partial charge on any atom is -0.00574 e. The predicted octanol–water partition coefficient (Wildman–Crippen LogP) is 3.62. The summed E-state index contributed by atoms with van der Waals surface area (Å²) in [5.74, 6) is 0.914. The summed E-state index contributed by atoms with van der Waals surface area (Å²) < 4.78 is 0. The highest BCUT2D eigenvalue weighted by atomic mass is 32.1. The molecule has 0 aliphatic rings. The third kappa shape index (κ3) is 1.93. The molecule has 72 valence electrons. The molecule has 0 radical (unpaired) electrons. The Balaban J connectivity index is 2.50. The SMILES string of the molecule is Cc1ccc2cc(CCS)ccc2c1. The van der Waals surface area contributed by atoms with Crippen molar-refractivity contribution in [1.29, 1.82) is 0 Å². The Bertz CT molecular complexity index is 446. The van der Waals surface area contributed by atoms with Crippen LogP contribution in [0.25, 0.3) is 10.8 Å². The number of rotatable bonds is 2. The zero-order valence-electron chi connectivity index (χ0n) is 8.33. The van der Waals surface area contributed by atoms with E-state index in [1.807, 2.05) is 0 Å². The monoisotopic (exact) mass is 202 g/mol. The number of benzene rings is 2. The van der Waals surface area contributed by atoms with Gasteiger partial charge in [0, 0.05) is 0 Å². The molecule has 0 aliphatic carbocycles. The summed E-state index contributed by atoms with van der Waals surface area (Å²) in [5.41, 5.74) is 2.69. The van der Waals surface area contributed by atoms with Gasteiger partial charge in [-0.05, 0) is 35.4 Å². The van der Waals surface area contributed by atoms with E-state index in [0.29, 0.717) is 0 Å². The van der Waals surface area contributed by atoms with E-state index in [1.54, 1.807) is 0 Å². The van der Waals surface area contributed by atoms with Crippen molar-refractivity contribution in [3.63, 3.8) is 0 Å². The van der Waals surface area contributed by atoms with Gasteiger partial charge in [-0.1, -0.05) is 42.0 Å². The van der Waals surface area contributed by atoms with Crippen molar-refractivity contribution in [2.75, 3.05) is 5.75 Å².